The van der Waals surface area contributed by atoms with Crippen LogP contribution in [0.25, 0.3) is 0 Å². The van der Waals surface area contributed by atoms with E-state index >= 15 is 0 Å². The number of ether oxygens (including phenoxy) is 3. The first-order valence-electron chi connectivity index (χ1n) is 7.44. The molecule has 0 amide bonds. The van der Waals surface area contributed by atoms with E-state index in [-0.39, 0.29) is 6.04 Å². The number of benzene rings is 1. The van der Waals surface area contributed by atoms with Crippen LogP contribution in [0.5, 0.6) is 11.5 Å². The molecular weight excluding hydrogens is 310 g/mol. The highest BCUT2D eigenvalue weighted by atomic mass is 16.5. The molecule has 4 N–H and O–H groups in total. The summed E-state index contributed by atoms with van der Waals surface area (Å²) in [6.07, 6.45) is 1.44. The Kier molecular flexibility index (Phi) is 6.02. The van der Waals surface area contributed by atoms with Gasteiger partial charge in [0.15, 0.2) is 11.6 Å². The van der Waals surface area contributed by atoms with Gasteiger partial charge in [0, 0.05) is 19.2 Å². The van der Waals surface area contributed by atoms with E-state index in [0.717, 1.165) is 0 Å². The molecule has 0 aliphatic carbocycles. The SMILES string of the molecule is COCC(C)Nc1ncnc(Nc2cc(OC)ccc2OC)c1N. The molecule has 1 aromatic carbocycles. The van der Waals surface area contributed by atoms with E-state index in [2.05, 4.69) is 20.6 Å². The fourth-order valence-corrected chi connectivity index (χ4v) is 2.17. The van der Waals surface area contributed by atoms with Gasteiger partial charge in [0.2, 0.25) is 0 Å². The van der Waals surface area contributed by atoms with Gasteiger partial charge in [-0.25, -0.2) is 9.97 Å². The number of anilines is 4. The molecule has 130 valence electrons. The lowest BCUT2D eigenvalue weighted by Crippen LogP contribution is -2.22. The van der Waals surface area contributed by atoms with Crippen LogP contribution in [-0.2, 0) is 4.74 Å². The smallest absolute Gasteiger partial charge is 0.159 e. The van der Waals surface area contributed by atoms with Gasteiger partial charge in [-0.05, 0) is 19.1 Å². The zero-order valence-corrected chi connectivity index (χ0v) is 14.3. The first kappa shape index (κ1) is 17.6. The predicted octanol–water partition coefficient (Wildman–Crippen LogP) is 2.27. The molecule has 2 aromatic rings. The van der Waals surface area contributed by atoms with Crippen molar-refractivity contribution in [3.8, 4) is 11.5 Å². The van der Waals surface area contributed by atoms with E-state index in [1.54, 1.807) is 33.5 Å². The zero-order chi connectivity index (χ0) is 17.5. The minimum Gasteiger partial charge on any atom is -0.497 e. The average molecular weight is 333 g/mol. The lowest BCUT2D eigenvalue weighted by atomic mass is 10.2. The molecule has 0 aliphatic heterocycles. The Morgan fingerprint density at radius 1 is 1.12 bits per heavy atom. The molecule has 1 heterocycles. The van der Waals surface area contributed by atoms with Crippen LogP contribution < -0.4 is 25.8 Å². The number of hydrogen-bond donors (Lipinski definition) is 3. The summed E-state index contributed by atoms with van der Waals surface area (Å²) in [5.74, 6) is 2.36. The van der Waals surface area contributed by atoms with E-state index in [0.29, 0.717) is 41.1 Å². The van der Waals surface area contributed by atoms with Crippen LogP contribution in [0.3, 0.4) is 0 Å². The third-order valence-corrected chi connectivity index (χ3v) is 3.34. The minimum atomic E-state index is 0.0615. The van der Waals surface area contributed by atoms with Gasteiger partial charge < -0.3 is 30.6 Å². The van der Waals surface area contributed by atoms with Crippen LogP contribution in [0.2, 0.25) is 0 Å². The quantitative estimate of drug-likeness (QED) is 0.676. The average Bonchev–Trinajstić information content (AvgIpc) is 2.58. The number of rotatable bonds is 8. The fraction of sp³-hybridized carbons (Fsp3) is 0.375. The third-order valence-electron chi connectivity index (χ3n) is 3.34. The van der Waals surface area contributed by atoms with E-state index in [1.165, 1.54) is 6.33 Å². The Morgan fingerprint density at radius 3 is 2.54 bits per heavy atom. The summed E-state index contributed by atoms with van der Waals surface area (Å²) in [4.78, 5) is 8.38. The molecule has 0 radical (unpaired) electrons. The topological polar surface area (TPSA) is 104 Å². The number of nitrogens with two attached hydrogens (primary N) is 1. The molecule has 8 heteroatoms. The van der Waals surface area contributed by atoms with Crippen LogP contribution >= 0.6 is 0 Å². The van der Waals surface area contributed by atoms with Crippen molar-refractivity contribution in [3.05, 3.63) is 24.5 Å². The van der Waals surface area contributed by atoms with Gasteiger partial charge in [-0.1, -0.05) is 0 Å². The van der Waals surface area contributed by atoms with Crippen LogP contribution in [0.1, 0.15) is 6.92 Å². The highest BCUT2D eigenvalue weighted by Gasteiger charge is 2.13. The van der Waals surface area contributed by atoms with Gasteiger partial charge in [-0.2, -0.15) is 0 Å². The van der Waals surface area contributed by atoms with E-state index in [4.69, 9.17) is 19.9 Å². The van der Waals surface area contributed by atoms with Crippen molar-refractivity contribution >= 4 is 23.0 Å². The third kappa shape index (κ3) is 4.17. The Labute approximate surface area is 141 Å². The number of hydrogen-bond acceptors (Lipinski definition) is 8. The summed E-state index contributed by atoms with van der Waals surface area (Å²) in [7, 11) is 4.84. The van der Waals surface area contributed by atoms with E-state index < -0.39 is 0 Å². The van der Waals surface area contributed by atoms with Gasteiger partial charge in [-0.15, -0.1) is 0 Å². The van der Waals surface area contributed by atoms with Crippen molar-refractivity contribution in [3.63, 3.8) is 0 Å². The van der Waals surface area contributed by atoms with Crippen LogP contribution in [0.15, 0.2) is 24.5 Å². The van der Waals surface area contributed by atoms with E-state index in [1.807, 2.05) is 13.0 Å². The fourth-order valence-electron chi connectivity index (χ4n) is 2.17. The Bertz CT molecular complexity index is 681. The molecule has 0 aliphatic rings. The minimum absolute atomic E-state index is 0.0615. The summed E-state index contributed by atoms with van der Waals surface area (Å²) in [5.41, 5.74) is 7.28. The molecular formula is C16H23N5O3. The van der Waals surface area contributed by atoms with Crippen LogP contribution in [0, 0.1) is 0 Å². The van der Waals surface area contributed by atoms with Crippen molar-refractivity contribution in [1.82, 2.24) is 9.97 Å². The molecule has 0 saturated heterocycles. The maximum atomic E-state index is 6.17. The summed E-state index contributed by atoms with van der Waals surface area (Å²) >= 11 is 0. The van der Waals surface area contributed by atoms with Gasteiger partial charge in [-0.3, -0.25) is 0 Å². The summed E-state index contributed by atoms with van der Waals surface area (Å²) in [5, 5.41) is 6.35. The number of nitrogens with zero attached hydrogens (tertiary/aromatic N) is 2. The monoisotopic (exact) mass is 333 g/mol. The molecule has 8 nitrogen and oxygen atoms in total. The molecule has 0 bridgehead atoms. The second kappa shape index (κ2) is 8.21. The van der Waals surface area contributed by atoms with Crippen molar-refractivity contribution in [2.24, 2.45) is 0 Å². The normalized spacial score (nSPS) is 11.7. The summed E-state index contributed by atoms with van der Waals surface area (Å²) < 4.78 is 15.7. The van der Waals surface area contributed by atoms with Gasteiger partial charge >= 0.3 is 0 Å². The van der Waals surface area contributed by atoms with Crippen molar-refractivity contribution in [2.75, 3.05) is 44.3 Å². The number of methoxy groups -OCH3 is 3. The number of nitrogens with one attached hydrogen (secondary N) is 2. The van der Waals surface area contributed by atoms with Crippen molar-refractivity contribution in [1.29, 1.82) is 0 Å². The van der Waals surface area contributed by atoms with Crippen molar-refractivity contribution < 1.29 is 14.2 Å². The standard InChI is InChI=1S/C16H23N5O3/c1-10(8-22-2)20-15-14(17)16(19-9-18-15)21-12-7-11(23-3)5-6-13(12)24-4/h5-7,9-10H,8,17H2,1-4H3,(H2,18,19,20,21). The predicted molar refractivity (Wildman–Crippen MR) is 94.2 cm³/mol. The van der Waals surface area contributed by atoms with Gasteiger partial charge in [0.05, 0.1) is 26.5 Å². The highest BCUT2D eigenvalue weighted by molar-refractivity contribution is 5.79. The van der Waals surface area contributed by atoms with Gasteiger partial charge in [0.1, 0.15) is 23.5 Å². The van der Waals surface area contributed by atoms with Crippen LogP contribution in [0.4, 0.5) is 23.0 Å². The zero-order valence-electron chi connectivity index (χ0n) is 14.3. The van der Waals surface area contributed by atoms with Crippen LogP contribution in [-0.4, -0.2) is 43.9 Å². The molecule has 2 rings (SSSR count). The van der Waals surface area contributed by atoms with Gasteiger partial charge in [0.25, 0.3) is 0 Å². The molecule has 1 aromatic heterocycles. The second-order valence-corrected chi connectivity index (χ2v) is 5.18. The highest BCUT2D eigenvalue weighted by Crippen LogP contribution is 2.33. The lowest BCUT2D eigenvalue weighted by molar-refractivity contribution is 0.190. The number of aromatic nitrogens is 2. The maximum Gasteiger partial charge on any atom is 0.159 e. The lowest BCUT2D eigenvalue weighted by Gasteiger charge is -2.17. The second-order valence-electron chi connectivity index (χ2n) is 5.18. The largest absolute Gasteiger partial charge is 0.497 e. The maximum absolute atomic E-state index is 6.17. The summed E-state index contributed by atoms with van der Waals surface area (Å²) in [6, 6.07) is 5.48. The summed E-state index contributed by atoms with van der Waals surface area (Å²) in [6.45, 7) is 2.51. The Balaban J connectivity index is 2.27. The molecule has 1 unspecified atom stereocenters. The molecule has 1 atom stereocenters. The van der Waals surface area contributed by atoms with Crippen molar-refractivity contribution in [2.45, 2.75) is 13.0 Å². The first-order chi connectivity index (χ1) is 11.6. The molecule has 0 saturated carbocycles. The van der Waals surface area contributed by atoms with E-state index in [9.17, 15) is 0 Å². The first-order valence-corrected chi connectivity index (χ1v) is 7.44. The Hall–Kier alpha value is -2.74. The Morgan fingerprint density at radius 2 is 1.88 bits per heavy atom. The molecule has 24 heavy (non-hydrogen) atoms. The molecule has 0 fully saturated rings. The number of nitrogen functional groups attached to an aromatic ring is 1. The molecule has 0 spiro atoms.